The van der Waals surface area contributed by atoms with Gasteiger partial charge in [-0.2, -0.15) is 0 Å². The van der Waals surface area contributed by atoms with E-state index in [1.165, 1.54) is 67.1 Å². The maximum absolute atomic E-state index is 7.18. The number of fused-ring (bicyclic) bond motifs is 14. The van der Waals surface area contributed by atoms with Crippen molar-refractivity contribution in [3.63, 3.8) is 0 Å². The molecule has 5 heteroatoms. The SMILES string of the molecule is CC1(C)CCC(C)(C)c2cc(N3B4c5cccc6c5N(c5ccccc5C6(c5ccccc5)c5ccccc5)c5cc6c(oc7ccccc76)c(c54)-c4cc5c(cc43)oc3ccccc35)ccc21. The molecule has 1 aliphatic carbocycles. The molecule has 0 saturated heterocycles. The number of hydrogen-bond acceptors (Lipinski definition) is 4. The third-order valence-corrected chi connectivity index (χ3v) is 16.6. The first-order chi connectivity index (χ1) is 33.2. The molecule has 3 aliphatic heterocycles. The lowest BCUT2D eigenvalue weighted by Crippen LogP contribution is -2.62. The monoisotopic (exact) mass is 874 g/mol. The van der Waals surface area contributed by atoms with Crippen LogP contribution in [0.25, 0.3) is 55.0 Å². The van der Waals surface area contributed by atoms with Crippen LogP contribution in [0.1, 0.15) is 73.9 Å². The van der Waals surface area contributed by atoms with Crippen LogP contribution in [-0.4, -0.2) is 6.85 Å². The van der Waals surface area contributed by atoms with Gasteiger partial charge in [0.15, 0.2) is 0 Å². The average molecular weight is 875 g/mol. The van der Waals surface area contributed by atoms with Crippen molar-refractivity contribution in [1.29, 1.82) is 0 Å². The third kappa shape index (κ3) is 4.81. The summed E-state index contributed by atoms with van der Waals surface area (Å²) in [7, 11) is 0. The summed E-state index contributed by atoms with van der Waals surface area (Å²) in [4.78, 5) is 5.29. The van der Waals surface area contributed by atoms with Gasteiger partial charge in [0.2, 0.25) is 0 Å². The fourth-order valence-electron chi connectivity index (χ4n) is 13.3. The number of furan rings is 2. The Bertz CT molecular complexity index is 3910. The van der Waals surface area contributed by atoms with Gasteiger partial charge in [0, 0.05) is 61.5 Å². The van der Waals surface area contributed by atoms with Gasteiger partial charge in [-0.25, -0.2) is 0 Å². The van der Waals surface area contributed by atoms with E-state index in [9.17, 15) is 0 Å². The first-order valence-electron chi connectivity index (χ1n) is 24.2. The van der Waals surface area contributed by atoms with Gasteiger partial charge in [0.05, 0.1) is 11.1 Å². The van der Waals surface area contributed by atoms with Crippen LogP contribution in [0, 0.1) is 0 Å². The lowest BCUT2D eigenvalue weighted by Gasteiger charge is -2.52. The minimum atomic E-state index is -0.618. The molecule has 9 aromatic carbocycles. The number of hydrogen-bond donors (Lipinski definition) is 0. The number of rotatable bonds is 3. The van der Waals surface area contributed by atoms with E-state index in [4.69, 9.17) is 8.83 Å². The smallest absolute Gasteiger partial charge is 0.333 e. The molecular weight excluding hydrogens is 828 g/mol. The second-order valence-electron chi connectivity index (χ2n) is 21.0. The van der Waals surface area contributed by atoms with Crippen molar-refractivity contribution in [2.24, 2.45) is 0 Å². The molecule has 0 saturated carbocycles. The van der Waals surface area contributed by atoms with Gasteiger partial charge in [-0.1, -0.05) is 167 Å². The van der Waals surface area contributed by atoms with Crippen LogP contribution < -0.4 is 20.6 Å². The quantitative estimate of drug-likeness (QED) is 0.166. The summed E-state index contributed by atoms with van der Waals surface area (Å²) < 4.78 is 14.0. The van der Waals surface area contributed by atoms with E-state index in [-0.39, 0.29) is 17.7 Å². The molecule has 0 spiro atoms. The Morgan fingerprint density at radius 1 is 0.456 bits per heavy atom. The molecule has 0 atom stereocenters. The van der Waals surface area contributed by atoms with E-state index in [2.05, 4.69) is 225 Å². The minimum Gasteiger partial charge on any atom is -0.456 e. The van der Waals surface area contributed by atoms with Crippen molar-refractivity contribution >= 4 is 90.1 Å². The molecule has 0 unspecified atom stereocenters. The van der Waals surface area contributed by atoms with Crippen molar-refractivity contribution in [2.75, 3.05) is 9.71 Å². The average Bonchev–Trinajstić information content (AvgIpc) is 3.94. The van der Waals surface area contributed by atoms with Gasteiger partial charge in [-0.3, -0.25) is 0 Å². The predicted octanol–water partition coefficient (Wildman–Crippen LogP) is 15.2. The molecule has 0 fully saturated rings. The second kappa shape index (κ2) is 13.2. The lowest BCUT2D eigenvalue weighted by molar-refractivity contribution is 0.332. The normalized spacial score (nSPS) is 16.7. The molecule has 2 aromatic heterocycles. The molecule has 324 valence electrons. The molecule has 4 nitrogen and oxygen atoms in total. The molecule has 11 aromatic rings. The van der Waals surface area contributed by atoms with Crippen molar-refractivity contribution in [3.8, 4) is 11.1 Å². The van der Waals surface area contributed by atoms with Crippen molar-refractivity contribution < 1.29 is 8.83 Å². The zero-order valence-corrected chi connectivity index (χ0v) is 38.6. The van der Waals surface area contributed by atoms with E-state index in [1.54, 1.807) is 0 Å². The predicted molar refractivity (Wildman–Crippen MR) is 282 cm³/mol. The Morgan fingerprint density at radius 2 is 1.09 bits per heavy atom. The molecular formula is C63H47BN2O2. The fraction of sp³-hybridized carbons (Fsp3) is 0.143. The summed E-state index contributed by atoms with van der Waals surface area (Å²) >= 11 is 0. The van der Waals surface area contributed by atoms with Crippen LogP contribution in [0.2, 0.25) is 0 Å². The number of para-hydroxylation sites is 4. The van der Waals surface area contributed by atoms with Gasteiger partial charge in [-0.05, 0) is 110 Å². The van der Waals surface area contributed by atoms with Crippen LogP contribution in [0.5, 0.6) is 0 Å². The summed E-state index contributed by atoms with van der Waals surface area (Å²) in [5.41, 5.74) is 21.6. The summed E-state index contributed by atoms with van der Waals surface area (Å²) in [6.07, 6.45) is 2.29. The molecule has 0 amide bonds. The third-order valence-electron chi connectivity index (χ3n) is 16.6. The minimum absolute atomic E-state index is 0.00956. The standard InChI is InChI=1S/C63H47BN2O2/c1-61(2)32-33-62(3,4)49-34-40(30-31-46(49)61)66-52-37-56-43(41-22-11-15-28-54(41)67-56)35-45(52)57-58-53(36-44-42-23-12-16-29-55(42)68-60(44)57)65-51-27-14-13-24-47(51)63(38-18-7-5-8-19-38,39-20-9-6-10-21-39)48-25-17-26-50(59(48)65)64(58)66/h5-31,34-37H,32-33H2,1-4H3. The van der Waals surface area contributed by atoms with Gasteiger partial charge < -0.3 is 18.5 Å². The highest BCUT2D eigenvalue weighted by molar-refractivity contribution is 6.94. The number of nitrogens with zero attached hydrogens (tertiary/aromatic N) is 2. The van der Waals surface area contributed by atoms with Crippen LogP contribution in [0.4, 0.5) is 28.4 Å². The molecule has 68 heavy (non-hydrogen) atoms. The Morgan fingerprint density at radius 3 is 1.84 bits per heavy atom. The van der Waals surface area contributed by atoms with E-state index in [0.29, 0.717) is 0 Å². The molecule has 0 bridgehead atoms. The first-order valence-corrected chi connectivity index (χ1v) is 24.2. The highest BCUT2D eigenvalue weighted by Crippen LogP contribution is 2.60. The van der Waals surface area contributed by atoms with E-state index >= 15 is 0 Å². The Labute approximate surface area is 396 Å². The molecule has 15 rings (SSSR count). The van der Waals surface area contributed by atoms with E-state index < -0.39 is 5.41 Å². The van der Waals surface area contributed by atoms with Gasteiger partial charge in [-0.15, -0.1) is 0 Å². The summed E-state index contributed by atoms with van der Waals surface area (Å²) in [5, 5.41) is 4.44. The Balaban J connectivity index is 1.14. The summed E-state index contributed by atoms with van der Waals surface area (Å²) in [5.74, 6) is 0. The van der Waals surface area contributed by atoms with Crippen LogP contribution in [0.3, 0.4) is 0 Å². The summed E-state index contributed by atoms with van der Waals surface area (Å²) in [6.45, 7) is 9.49. The topological polar surface area (TPSA) is 32.8 Å². The van der Waals surface area contributed by atoms with Crippen molar-refractivity contribution in [1.82, 2.24) is 0 Å². The van der Waals surface area contributed by atoms with E-state index in [1.807, 2.05) is 0 Å². The molecule has 5 heterocycles. The largest absolute Gasteiger partial charge is 0.456 e. The van der Waals surface area contributed by atoms with Crippen LogP contribution >= 0.6 is 0 Å². The first kappa shape index (κ1) is 38.4. The van der Waals surface area contributed by atoms with Gasteiger partial charge in [0.25, 0.3) is 0 Å². The fourth-order valence-corrected chi connectivity index (χ4v) is 13.3. The molecule has 0 radical (unpaired) electrons. The number of benzene rings is 9. The molecule has 0 N–H and O–H groups in total. The zero-order chi connectivity index (χ0) is 45.3. The van der Waals surface area contributed by atoms with E-state index in [0.717, 1.165) is 73.5 Å². The van der Waals surface area contributed by atoms with Crippen molar-refractivity contribution in [2.45, 2.75) is 56.8 Å². The van der Waals surface area contributed by atoms with Crippen molar-refractivity contribution in [3.05, 3.63) is 221 Å². The molecule has 4 aliphatic rings. The van der Waals surface area contributed by atoms with Crippen LogP contribution in [0.15, 0.2) is 197 Å². The maximum Gasteiger partial charge on any atom is 0.333 e. The van der Waals surface area contributed by atoms with Gasteiger partial charge >= 0.3 is 6.85 Å². The van der Waals surface area contributed by atoms with Crippen LogP contribution in [-0.2, 0) is 16.2 Å². The zero-order valence-electron chi connectivity index (χ0n) is 38.6. The van der Waals surface area contributed by atoms with Gasteiger partial charge in [0.1, 0.15) is 22.3 Å². The second-order valence-corrected chi connectivity index (χ2v) is 21.0. The highest BCUT2D eigenvalue weighted by Gasteiger charge is 2.54. The number of anilines is 5. The highest BCUT2D eigenvalue weighted by atomic mass is 16.3. The summed E-state index contributed by atoms with van der Waals surface area (Å²) in [6, 6.07) is 70.3. The Hall–Kier alpha value is -7.76. The maximum atomic E-state index is 7.18. The Kier molecular flexibility index (Phi) is 7.46. The lowest BCUT2D eigenvalue weighted by atomic mass is 9.42.